The van der Waals surface area contributed by atoms with Gasteiger partial charge in [-0.2, -0.15) is 0 Å². The van der Waals surface area contributed by atoms with Gasteiger partial charge in [0, 0.05) is 32.7 Å². The maximum absolute atomic E-state index is 14.4. The highest BCUT2D eigenvalue weighted by atomic mass is 32.1. The van der Waals surface area contributed by atoms with Gasteiger partial charge in [-0.1, -0.05) is 6.07 Å². The van der Waals surface area contributed by atoms with Gasteiger partial charge in [0.15, 0.2) is 0 Å². The zero-order valence-electron chi connectivity index (χ0n) is 13.5. The van der Waals surface area contributed by atoms with Crippen LogP contribution >= 0.6 is 11.3 Å². The van der Waals surface area contributed by atoms with Crippen LogP contribution in [0, 0.1) is 5.82 Å². The minimum absolute atomic E-state index is 0.214. The first-order chi connectivity index (χ1) is 11.7. The summed E-state index contributed by atoms with van der Waals surface area (Å²) in [7, 11) is 1.53. The molecule has 0 unspecified atom stereocenters. The number of methoxy groups -OCH3 is 1. The lowest BCUT2D eigenvalue weighted by molar-refractivity contribution is 0.0952. The molecule has 1 fully saturated rings. The van der Waals surface area contributed by atoms with Gasteiger partial charge in [-0.05, 0) is 29.1 Å². The molecule has 3 rings (SSSR count). The topological polar surface area (TPSA) is 53.6 Å². The summed E-state index contributed by atoms with van der Waals surface area (Å²) in [6.07, 6.45) is 0. The molecule has 1 saturated heterocycles. The molecule has 1 aromatic carbocycles. The van der Waals surface area contributed by atoms with Crippen molar-refractivity contribution < 1.29 is 13.9 Å². The number of nitrogens with zero attached hydrogens (tertiary/aromatic N) is 1. The molecule has 0 saturated carbocycles. The highest BCUT2D eigenvalue weighted by Crippen LogP contribution is 2.24. The fourth-order valence-corrected chi connectivity index (χ4v) is 3.48. The Morgan fingerprint density at radius 3 is 2.88 bits per heavy atom. The highest BCUT2D eigenvalue weighted by Gasteiger charge is 2.16. The van der Waals surface area contributed by atoms with E-state index in [0.29, 0.717) is 16.3 Å². The van der Waals surface area contributed by atoms with Crippen molar-refractivity contribution >= 4 is 22.9 Å². The Balaban J connectivity index is 1.63. The lowest BCUT2D eigenvalue weighted by Gasteiger charge is -2.29. The standard InChI is InChI=1S/C17H20FN3O2S/c1-23-15-4-9-24-16(15)17(22)20-11-12-2-3-14(13(18)10-12)21-7-5-19-6-8-21/h2-4,9-10,19H,5-8,11H2,1H3,(H,20,22). The van der Waals surface area contributed by atoms with E-state index in [9.17, 15) is 9.18 Å². The van der Waals surface area contributed by atoms with Gasteiger partial charge in [0.25, 0.3) is 5.91 Å². The fourth-order valence-electron chi connectivity index (χ4n) is 2.71. The number of hydrogen-bond donors (Lipinski definition) is 2. The Morgan fingerprint density at radius 2 is 2.17 bits per heavy atom. The Kier molecular flexibility index (Phi) is 5.32. The average Bonchev–Trinajstić information content (AvgIpc) is 3.09. The van der Waals surface area contributed by atoms with Crippen LogP contribution in [0.25, 0.3) is 0 Å². The van der Waals surface area contributed by atoms with E-state index in [0.717, 1.165) is 31.7 Å². The van der Waals surface area contributed by atoms with Crippen molar-refractivity contribution in [2.45, 2.75) is 6.54 Å². The maximum Gasteiger partial charge on any atom is 0.265 e. The van der Waals surface area contributed by atoms with Crippen molar-refractivity contribution in [1.29, 1.82) is 0 Å². The Bertz CT molecular complexity index is 714. The fraction of sp³-hybridized carbons (Fsp3) is 0.353. The molecule has 0 radical (unpaired) electrons. The van der Waals surface area contributed by atoms with E-state index >= 15 is 0 Å². The molecule has 0 bridgehead atoms. The molecule has 1 aromatic heterocycles. The number of ether oxygens (including phenoxy) is 1. The van der Waals surface area contributed by atoms with Crippen LogP contribution in [0.15, 0.2) is 29.6 Å². The Hall–Kier alpha value is -2.12. The summed E-state index contributed by atoms with van der Waals surface area (Å²) in [5.74, 6) is 0.0866. The number of carbonyl (C=O) groups excluding carboxylic acids is 1. The lowest BCUT2D eigenvalue weighted by Crippen LogP contribution is -2.43. The first-order valence-corrected chi connectivity index (χ1v) is 8.71. The second-order valence-corrected chi connectivity index (χ2v) is 6.44. The molecule has 1 aliphatic heterocycles. The predicted molar refractivity (Wildman–Crippen MR) is 93.5 cm³/mol. The molecule has 5 nitrogen and oxygen atoms in total. The normalized spacial score (nSPS) is 14.5. The number of benzene rings is 1. The molecule has 128 valence electrons. The third-order valence-electron chi connectivity index (χ3n) is 3.98. The largest absolute Gasteiger partial charge is 0.495 e. The molecule has 7 heteroatoms. The van der Waals surface area contributed by atoms with Gasteiger partial charge < -0.3 is 20.3 Å². The van der Waals surface area contributed by atoms with Crippen LogP contribution in [-0.4, -0.2) is 39.2 Å². The summed E-state index contributed by atoms with van der Waals surface area (Å²) in [6.45, 7) is 3.59. The van der Waals surface area contributed by atoms with E-state index in [-0.39, 0.29) is 18.3 Å². The number of nitrogens with one attached hydrogen (secondary N) is 2. The number of rotatable bonds is 5. The molecule has 2 N–H and O–H groups in total. The highest BCUT2D eigenvalue weighted by molar-refractivity contribution is 7.12. The number of carbonyl (C=O) groups is 1. The number of anilines is 1. The summed E-state index contributed by atoms with van der Waals surface area (Å²) in [4.78, 5) is 14.7. The zero-order valence-corrected chi connectivity index (χ0v) is 14.3. The molecule has 1 amide bonds. The maximum atomic E-state index is 14.4. The van der Waals surface area contributed by atoms with E-state index in [1.165, 1.54) is 24.5 Å². The van der Waals surface area contributed by atoms with Gasteiger partial charge in [-0.3, -0.25) is 4.79 Å². The molecule has 1 aliphatic rings. The minimum Gasteiger partial charge on any atom is -0.495 e. The van der Waals surface area contributed by atoms with E-state index in [1.54, 1.807) is 17.5 Å². The van der Waals surface area contributed by atoms with Gasteiger partial charge in [0.05, 0.1) is 12.8 Å². The molecule has 24 heavy (non-hydrogen) atoms. The summed E-state index contributed by atoms with van der Waals surface area (Å²) in [5.41, 5.74) is 1.35. The minimum atomic E-state index is -0.252. The van der Waals surface area contributed by atoms with Gasteiger partial charge in [-0.25, -0.2) is 4.39 Å². The molecule has 0 aliphatic carbocycles. The number of thiophene rings is 1. The van der Waals surface area contributed by atoms with Crippen molar-refractivity contribution in [3.05, 3.63) is 45.9 Å². The van der Waals surface area contributed by atoms with Crippen LogP contribution in [0.1, 0.15) is 15.2 Å². The van der Waals surface area contributed by atoms with E-state index in [1.807, 2.05) is 11.0 Å². The first-order valence-electron chi connectivity index (χ1n) is 7.83. The Labute approximate surface area is 144 Å². The quantitative estimate of drug-likeness (QED) is 0.869. The number of halogens is 1. The van der Waals surface area contributed by atoms with E-state index in [2.05, 4.69) is 10.6 Å². The number of amides is 1. The van der Waals surface area contributed by atoms with E-state index < -0.39 is 0 Å². The van der Waals surface area contributed by atoms with Crippen molar-refractivity contribution in [1.82, 2.24) is 10.6 Å². The van der Waals surface area contributed by atoms with Crippen LogP contribution in [0.2, 0.25) is 0 Å². The molecular formula is C17H20FN3O2S. The van der Waals surface area contributed by atoms with Crippen LogP contribution in [0.4, 0.5) is 10.1 Å². The van der Waals surface area contributed by atoms with Gasteiger partial charge >= 0.3 is 0 Å². The average molecular weight is 349 g/mol. The summed E-state index contributed by atoms with van der Waals surface area (Å²) in [6, 6.07) is 6.88. The first kappa shape index (κ1) is 16.7. The molecular weight excluding hydrogens is 329 g/mol. The second-order valence-electron chi connectivity index (χ2n) is 5.52. The predicted octanol–water partition coefficient (Wildman–Crippen LogP) is 2.24. The van der Waals surface area contributed by atoms with Crippen molar-refractivity contribution in [2.24, 2.45) is 0 Å². The third kappa shape index (κ3) is 3.68. The summed E-state index contributed by atoms with van der Waals surface area (Å²) in [5, 5.41) is 7.85. The monoisotopic (exact) mass is 349 g/mol. The van der Waals surface area contributed by atoms with Crippen LogP contribution in [0.5, 0.6) is 5.75 Å². The van der Waals surface area contributed by atoms with Gasteiger partial charge in [0.2, 0.25) is 0 Å². The molecule has 0 atom stereocenters. The van der Waals surface area contributed by atoms with E-state index in [4.69, 9.17) is 4.74 Å². The zero-order chi connectivity index (χ0) is 16.9. The van der Waals surface area contributed by atoms with Crippen LogP contribution in [-0.2, 0) is 6.54 Å². The smallest absolute Gasteiger partial charge is 0.265 e. The second kappa shape index (κ2) is 7.63. The van der Waals surface area contributed by atoms with Crippen LogP contribution < -0.4 is 20.3 Å². The summed E-state index contributed by atoms with van der Waals surface area (Å²) >= 11 is 1.32. The number of hydrogen-bond acceptors (Lipinski definition) is 5. The van der Waals surface area contributed by atoms with Crippen molar-refractivity contribution in [2.75, 3.05) is 38.2 Å². The summed E-state index contributed by atoms with van der Waals surface area (Å²) < 4.78 is 19.5. The SMILES string of the molecule is COc1ccsc1C(=O)NCc1ccc(N2CCNCC2)c(F)c1. The van der Waals surface area contributed by atoms with Gasteiger partial charge in [0.1, 0.15) is 16.4 Å². The van der Waals surface area contributed by atoms with Crippen molar-refractivity contribution in [3.8, 4) is 5.75 Å². The lowest BCUT2D eigenvalue weighted by atomic mass is 10.1. The van der Waals surface area contributed by atoms with Crippen molar-refractivity contribution in [3.63, 3.8) is 0 Å². The van der Waals surface area contributed by atoms with Crippen LogP contribution in [0.3, 0.4) is 0 Å². The van der Waals surface area contributed by atoms with Gasteiger partial charge in [-0.15, -0.1) is 11.3 Å². The third-order valence-corrected chi connectivity index (χ3v) is 4.87. The molecule has 2 heterocycles. The molecule has 0 spiro atoms. The number of piperazine rings is 1. The Morgan fingerprint density at radius 1 is 1.38 bits per heavy atom. The molecule has 2 aromatic rings.